The summed E-state index contributed by atoms with van der Waals surface area (Å²) in [4.78, 5) is 0. The first-order chi connectivity index (χ1) is 15.1. The molecule has 0 rings (SSSR count). The van der Waals surface area contributed by atoms with Gasteiger partial charge in [0.2, 0.25) is 0 Å². The smallest absolute Gasteiger partial charge is 0.0771 e. The van der Waals surface area contributed by atoms with Crippen molar-refractivity contribution in [1.29, 1.82) is 0 Å². The van der Waals surface area contributed by atoms with Crippen LogP contribution in [0.1, 0.15) is 130 Å². The van der Waals surface area contributed by atoms with Crippen LogP contribution in [0.3, 0.4) is 0 Å². The highest BCUT2D eigenvalue weighted by atomic mass is 16.5. The van der Waals surface area contributed by atoms with Crippen molar-refractivity contribution in [2.24, 2.45) is 57.2 Å². The molecule has 0 saturated carbocycles. The molecule has 0 aromatic heterocycles. The lowest BCUT2D eigenvalue weighted by atomic mass is 9.50. The summed E-state index contributed by atoms with van der Waals surface area (Å²) in [6.07, 6.45) is 2.85. The number of ether oxygens (including phenoxy) is 1. The largest absolute Gasteiger partial charge is 0.391 e. The zero-order valence-corrected chi connectivity index (χ0v) is 26.4. The van der Waals surface area contributed by atoms with Crippen LogP contribution in [0, 0.1) is 57.2 Å². The SMILES string of the molecule is CCC(O)COCC(CC(C)C(C)(C)C(C)C(C)C(C)(C)C(C)(C)C(C)CC(C)(C)C)C(C)C. The summed E-state index contributed by atoms with van der Waals surface area (Å²) < 4.78 is 5.95. The van der Waals surface area contributed by atoms with E-state index in [1.807, 2.05) is 6.92 Å². The second-order valence-electron chi connectivity index (χ2n) is 15.2. The molecule has 0 amide bonds. The van der Waals surface area contributed by atoms with Gasteiger partial charge < -0.3 is 9.84 Å². The number of hydrogen-bond donors (Lipinski definition) is 1. The first-order valence-corrected chi connectivity index (χ1v) is 14.4. The zero-order chi connectivity index (χ0) is 27.3. The summed E-state index contributed by atoms with van der Waals surface area (Å²) in [7, 11) is 0. The van der Waals surface area contributed by atoms with Gasteiger partial charge in [-0.1, -0.05) is 111 Å². The van der Waals surface area contributed by atoms with Gasteiger partial charge in [-0.25, -0.2) is 0 Å². The molecule has 0 aliphatic rings. The van der Waals surface area contributed by atoms with Gasteiger partial charge in [0, 0.05) is 6.61 Å². The fourth-order valence-electron chi connectivity index (χ4n) is 5.88. The van der Waals surface area contributed by atoms with E-state index in [-0.39, 0.29) is 22.3 Å². The average molecular weight is 483 g/mol. The van der Waals surface area contributed by atoms with E-state index in [0.29, 0.717) is 47.5 Å². The Morgan fingerprint density at radius 1 is 0.676 bits per heavy atom. The molecule has 2 nitrogen and oxygen atoms in total. The standard InChI is InChI=1S/C32H66O2/c1-17-28(33)21-34-20-27(22(2)3)18-23(4)30(11,12)25(6)26(7)32(15,16)31(13,14)24(5)19-29(8,9)10/h22-28,33H,17-21H2,1-16H3. The summed E-state index contributed by atoms with van der Waals surface area (Å²) in [6, 6.07) is 0. The molecule has 6 unspecified atom stereocenters. The molecule has 2 heteroatoms. The third kappa shape index (κ3) is 9.10. The van der Waals surface area contributed by atoms with Crippen LogP contribution in [0.15, 0.2) is 0 Å². The summed E-state index contributed by atoms with van der Waals surface area (Å²) in [5.74, 6) is 3.59. The Hall–Kier alpha value is -0.0800. The molecule has 0 aromatic carbocycles. The fourth-order valence-corrected chi connectivity index (χ4v) is 5.88. The molecule has 6 atom stereocenters. The lowest BCUT2D eigenvalue weighted by Crippen LogP contribution is -2.48. The molecule has 0 fully saturated rings. The minimum absolute atomic E-state index is 0.227. The van der Waals surface area contributed by atoms with Crippen LogP contribution in [0.2, 0.25) is 0 Å². The maximum atomic E-state index is 9.87. The maximum absolute atomic E-state index is 9.87. The minimum atomic E-state index is -0.339. The van der Waals surface area contributed by atoms with Crippen LogP contribution in [-0.2, 0) is 4.74 Å². The summed E-state index contributed by atoms with van der Waals surface area (Å²) in [6.45, 7) is 40.0. The van der Waals surface area contributed by atoms with Gasteiger partial charge in [0.05, 0.1) is 12.7 Å². The topological polar surface area (TPSA) is 29.5 Å². The maximum Gasteiger partial charge on any atom is 0.0771 e. The van der Waals surface area contributed by atoms with Crippen LogP contribution in [-0.4, -0.2) is 24.4 Å². The van der Waals surface area contributed by atoms with Crippen LogP contribution in [0.4, 0.5) is 0 Å². The number of aliphatic hydroxyl groups is 1. The van der Waals surface area contributed by atoms with E-state index in [1.54, 1.807) is 0 Å². The molecule has 1 N–H and O–H groups in total. The van der Waals surface area contributed by atoms with E-state index in [2.05, 4.69) is 104 Å². The van der Waals surface area contributed by atoms with E-state index >= 15 is 0 Å². The predicted octanol–water partition coefficient (Wildman–Crippen LogP) is 9.50. The van der Waals surface area contributed by atoms with E-state index in [0.717, 1.165) is 13.0 Å². The molecule has 0 aliphatic heterocycles. The number of aliphatic hydroxyl groups excluding tert-OH is 1. The molecule has 0 bridgehead atoms. The van der Waals surface area contributed by atoms with E-state index in [9.17, 15) is 5.11 Å². The van der Waals surface area contributed by atoms with E-state index in [4.69, 9.17) is 4.74 Å². The first-order valence-electron chi connectivity index (χ1n) is 14.4. The first kappa shape index (κ1) is 33.9. The molecule has 0 saturated heterocycles. The lowest BCUT2D eigenvalue weighted by molar-refractivity contribution is -0.0652. The molecule has 206 valence electrons. The highest BCUT2D eigenvalue weighted by Crippen LogP contribution is 2.56. The molecular weight excluding hydrogens is 416 g/mol. The van der Waals surface area contributed by atoms with Gasteiger partial charge in [-0.05, 0) is 76.4 Å². The second kappa shape index (κ2) is 12.9. The molecule has 0 radical (unpaired) electrons. The highest BCUT2D eigenvalue weighted by Gasteiger charge is 2.49. The third-order valence-corrected chi connectivity index (χ3v) is 10.9. The van der Waals surface area contributed by atoms with Crippen molar-refractivity contribution in [3.8, 4) is 0 Å². The average Bonchev–Trinajstić information content (AvgIpc) is 2.69. The molecule has 0 aliphatic carbocycles. The van der Waals surface area contributed by atoms with Crippen molar-refractivity contribution in [2.45, 2.75) is 136 Å². The number of hydrogen-bond acceptors (Lipinski definition) is 2. The number of rotatable bonds is 15. The monoisotopic (exact) mass is 483 g/mol. The Balaban J connectivity index is 5.52. The quantitative estimate of drug-likeness (QED) is 0.252. The fraction of sp³-hybridized carbons (Fsp3) is 1.00. The van der Waals surface area contributed by atoms with E-state index < -0.39 is 0 Å². The third-order valence-electron chi connectivity index (χ3n) is 10.9. The van der Waals surface area contributed by atoms with Crippen LogP contribution in [0.25, 0.3) is 0 Å². The van der Waals surface area contributed by atoms with Gasteiger partial charge in [-0.2, -0.15) is 0 Å². The molecular formula is C32H66O2. The van der Waals surface area contributed by atoms with Crippen molar-refractivity contribution in [3.05, 3.63) is 0 Å². The second-order valence-corrected chi connectivity index (χ2v) is 15.2. The van der Waals surface area contributed by atoms with Crippen molar-refractivity contribution in [2.75, 3.05) is 13.2 Å². The molecule has 0 aromatic rings. The van der Waals surface area contributed by atoms with Crippen LogP contribution >= 0.6 is 0 Å². The predicted molar refractivity (Wildman–Crippen MR) is 152 cm³/mol. The molecule has 0 spiro atoms. The van der Waals surface area contributed by atoms with Gasteiger partial charge in [0.15, 0.2) is 0 Å². The van der Waals surface area contributed by atoms with Gasteiger partial charge >= 0.3 is 0 Å². The zero-order valence-electron chi connectivity index (χ0n) is 26.4. The van der Waals surface area contributed by atoms with Crippen molar-refractivity contribution in [3.63, 3.8) is 0 Å². The van der Waals surface area contributed by atoms with Crippen LogP contribution in [0.5, 0.6) is 0 Å². The molecule has 0 heterocycles. The minimum Gasteiger partial charge on any atom is -0.391 e. The Bertz CT molecular complexity index is 566. The van der Waals surface area contributed by atoms with Gasteiger partial charge in [-0.15, -0.1) is 0 Å². The summed E-state index contributed by atoms with van der Waals surface area (Å²) in [5.41, 5.74) is 1.07. The van der Waals surface area contributed by atoms with Gasteiger partial charge in [-0.3, -0.25) is 0 Å². The summed E-state index contributed by atoms with van der Waals surface area (Å²) in [5, 5.41) is 9.87. The molecule has 34 heavy (non-hydrogen) atoms. The van der Waals surface area contributed by atoms with Crippen LogP contribution < -0.4 is 0 Å². The Labute approximate surface area is 216 Å². The Morgan fingerprint density at radius 3 is 1.59 bits per heavy atom. The van der Waals surface area contributed by atoms with E-state index in [1.165, 1.54) is 12.8 Å². The highest BCUT2D eigenvalue weighted by molar-refractivity contribution is 4.98. The summed E-state index contributed by atoms with van der Waals surface area (Å²) >= 11 is 0. The van der Waals surface area contributed by atoms with Crippen molar-refractivity contribution >= 4 is 0 Å². The van der Waals surface area contributed by atoms with Crippen molar-refractivity contribution in [1.82, 2.24) is 0 Å². The normalized spacial score (nSPS) is 19.6. The Morgan fingerprint density at radius 2 is 1.18 bits per heavy atom. The van der Waals surface area contributed by atoms with Gasteiger partial charge in [0.25, 0.3) is 0 Å². The lowest BCUT2D eigenvalue weighted by Gasteiger charge is -2.55. The van der Waals surface area contributed by atoms with Gasteiger partial charge in [0.1, 0.15) is 0 Å². The van der Waals surface area contributed by atoms with Crippen molar-refractivity contribution < 1.29 is 9.84 Å². The Kier molecular flexibility index (Phi) is 12.9.